The fourth-order valence-electron chi connectivity index (χ4n) is 3.92. The number of carboxylic acid groups (broad SMARTS) is 1. The van der Waals surface area contributed by atoms with Crippen LogP contribution < -0.4 is 0 Å². The number of fused-ring (bicyclic) bond motifs is 1. The summed E-state index contributed by atoms with van der Waals surface area (Å²) in [6.07, 6.45) is 0. The number of carbonyl (C=O) groups is 2. The Balaban J connectivity index is 1.89. The maximum absolute atomic E-state index is 12.6. The molecule has 7 heteroatoms. The zero-order chi connectivity index (χ0) is 23.9. The number of rotatable bonds is 5. The van der Waals surface area contributed by atoms with Crippen LogP contribution in [-0.4, -0.2) is 45.8 Å². The third-order valence-electron chi connectivity index (χ3n) is 5.46. The van der Waals surface area contributed by atoms with Gasteiger partial charge in [-0.15, -0.1) is 0 Å². The predicted molar refractivity (Wildman–Crippen MR) is 131 cm³/mol. The van der Waals surface area contributed by atoms with E-state index in [-0.39, 0.29) is 11.5 Å². The van der Waals surface area contributed by atoms with Crippen molar-refractivity contribution >= 4 is 34.5 Å². The van der Waals surface area contributed by atoms with Crippen molar-refractivity contribution in [3.05, 3.63) is 82.4 Å². The zero-order valence-corrected chi connectivity index (χ0v) is 20.0. The van der Waals surface area contributed by atoms with Crippen LogP contribution in [0.25, 0.3) is 16.6 Å². The van der Waals surface area contributed by atoms with Gasteiger partial charge in [-0.1, -0.05) is 29.5 Å². The van der Waals surface area contributed by atoms with Crippen LogP contribution in [0.3, 0.4) is 0 Å². The lowest BCUT2D eigenvalue weighted by atomic mass is 10.1. The van der Waals surface area contributed by atoms with Crippen LogP contribution in [-0.2, 0) is 0 Å². The molecule has 0 aliphatic carbocycles. The highest BCUT2D eigenvalue weighted by atomic mass is 32.2. The van der Waals surface area contributed by atoms with Crippen molar-refractivity contribution in [3.63, 3.8) is 0 Å². The molecule has 0 unspecified atom stereocenters. The first-order valence-electron chi connectivity index (χ1n) is 10.5. The maximum Gasteiger partial charge on any atom is 0.335 e. The molecular formula is C26H25N3O3S. The molecule has 33 heavy (non-hydrogen) atoms. The molecule has 4 rings (SSSR count). The van der Waals surface area contributed by atoms with Crippen LogP contribution in [0.1, 0.15) is 37.4 Å². The van der Waals surface area contributed by atoms with Crippen LogP contribution in [0.4, 0.5) is 0 Å². The Morgan fingerprint density at radius 1 is 0.909 bits per heavy atom. The number of hydrogen-bond acceptors (Lipinski definition) is 4. The highest BCUT2D eigenvalue weighted by Crippen LogP contribution is 2.38. The van der Waals surface area contributed by atoms with Crippen molar-refractivity contribution in [2.45, 2.75) is 30.7 Å². The van der Waals surface area contributed by atoms with Gasteiger partial charge in [-0.25, -0.2) is 9.48 Å². The van der Waals surface area contributed by atoms with Gasteiger partial charge in [0.15, 0.2) is 0 Å². The average Bonchev–Trinajstić information content (AvgIpc) is 3.13. The standard InChI is InChI=1S/C26H25N3O3S/c1-15-12-16(2)23(17(3)13-15)33-24-21-14-19(25(30)28(4)5)8-11-22(21)29(27-24)20-9-6-18(7-10-20)26(31)32/h6-14H,1-5H3,(H,31,32). The first-order valence-corrected chi connectivity index (χ1v) is 11.3. The van der Waals surface area contributed by atoms with Crippen LogP contribution in [0, 0.1) is 20.8 Å². The van der Waals surface area contributed by atoms with E-state index in [1.165, 1.54) is 16.7 Å². The summed E-state index contributed by atoms with van der Waals surface area (Å²) in [6, 6.07) is 16.5. The van der Waals surface area contributed by atoms with Crippen LogP contribution >= 0.6 is 11.8 Å². The van der Waals surface area contributed by atoms with Gasteiger partial charge in [-0.05, 0) is 74.4 Å². The average molecular weight is 460 g/mol. The second kappa shape index (κ2) is 8.75. The smallest absolute Gasteiger partial charge is 0.335 e. The highest BCUT2D eigenvalue weighted by molar-refractivity contribution is 7.99. The van der Waals surface area contributed by atoms with Crippen molar-refractivity contribution in [2.75, 3.05) is 14.1 Å². The van der Waals surface area contributed by atoms with Gasteiger partial charge in [0, 0.05) is 29.9 Å². The Labute approximate surface area is 196 Å². The second-order valence-corrected chi connectivity index (χ2v) is 9.33. The summed E-state index contributed by atoms with van der Waals surface area (Å²) in [5.41, 5.74) is 5.96. The minimum Gasteiger partial charge on any atom is -0.478 e. The summed E-state index contributed by atoms with van der Waals surface area (Å²) in [7, 11) is 3.46. The second-order valence-electron chi connectivity index (χ2n) is 8.33. The molecule has 3 aromatic carbocycles. The molecule has 0 atom stereocenters. The number of hydrogen-bond donors (Lipinski definition) is 1. The highest BCUT2D eigenvalue weighted by Gasteiger charge is 2.18. The SMILES string of the molecule is Cc1cc(C)c(Sc2nn(-c3ccc(C(=O)O)cc3)c3ccc(C(=O)N(C)C)cc23)c(C)c1. The third kappa shape index (κ3) is 4.36. The summed E-state index contributed by atoms with van der Waals surface area (Å²) in [6.45, 7) is 6.26. The molecular weight excluding hydrogens is 434 g/mol. The molecule has 0 aliphatic rings. The number of amides is 1. The quantitative estimate of drug-likeness (QED) is 0.426. The number of aryl methyl sites for hydroxylation is 3. The Kier molecular flexibility index (Phi) is 5.99. The first kappa shape index (κ1) is 22.6. The maximum atomic E-state index is 12.6. The third-order valence-corrected chi connectivity index (χ3v) is 6.80. The van der Waals surface area contributed by atoms with E-state index in [1.807, 2.05) is 12.1 Å². The van der Waals surface area contributed by atoms with Gasteiger partial charge in [-0.3, -0.25) is 4.79 Å². The van der Waals surface area contributed by atoms with E-state index in [9.17, 15) is 14.7 Å². The molecule has 0 spiro atoms. The van der Waals surface area contributed by atoms with Crippen LogP contribution in [0.5, 0.6) is 0 Å². The van der Waals surface area contributed by atoms with Crippen molar-refractivity contribution in [2.24, 2.45) is 0 Å². The molecule has 0 saturated carbocycles. The number of carbonyl (C=O) groups excluding carboxylic acids is 1. The monoisotopic (exact) mass is 459 g/mol. The number of aromatic nitrogens is 2. The minimum atomic E-state index is -0.972. The van der Waals surface area contributed by atoms with Crippen molar-refractivity contribution in [1.29, 1.82) is 0 Å². The topological polar surface area (TPSA) is 75.4 Å². The van der Waals surface area contributed by atoms with E-state index >= 15 is 0 Å². The van der Waals surface area contributed by atoms with Gasteiger partial charge in [-0.2, -0.15) is 5.10 Å². The Morgan fingerprint density at radius 2 is 1.52 bits per heavy atom. The molecule has 1 aromatic heterocycles. The van der Waals surface area contributed by atoms with E-state index < -0.39 is 5.97 Å². The molecule has 168 valence electrons. The lowest BCUT2D eigenvalue weighted by Crippen LogP contribution is -2.21. The van der Waals surface area contributed by atoms with E-state index in [4.69, 9.17) is 5.10 Å². The fraction of sp³-hybridized carbons (Fsp3) is 0.192. The summed E-state index contributed by atoms with van der Waals surface area (Å²) >= 11 is 1.58. The van der Waals surface area contributed by atoms with E-state index in [2.05, 4.69) is 32.9 Å². The van der Waals surface area contributed by atoms with Gasteiger partial charge < -0.3 is 10.0 Å². The Hall–Kier alpha value is -3.58. The van der Waals surface area contributed by atoms with Gasteiger partial charge in [0.1, 0.15) is 5.03 Å². The van der Waals surface area contributed by atoms with Crippen molar-refractivity contribution in [3.8, 4) is 5.69 Å². The molecule has 6 nitrogen and oxygen atoms in total. The molecule has 0 bridgehead atoms. The van der Waals surface area contributed by atoms with Crippen molar-refractivity contribution < 1.29 is 14.7 Å². The van der Waals surface area contributed by atoms with Crippen molar-refractivity contribution in [1.82, 2.24) is 14.7 Å². The molecule has 0 radical (unpaired) electrons. The largest absolute Gasteiger partial charge is 0.478 e. The summed E-state index contributed by atoms with van der Waals surface area (Å²) in [4.78, 5) is 26.6. The van der Waals surface area contributed by atoms with Crippen LogP contribution in [0.15, 0.2) is 64.5 Å². The molecule has 1 heterocycles. The first-order chi connectivity index (χ1) is 15.7. The molecule has 0 fully saturated rings. The number of aromatic carboxylic acids is 1. The Bertz CT molecular complexity index is 1370. The number of nitrogens with zero attached hydrogens (tertiary/aromatic N) is 3. The summed E-state index contributed by atoms with van der Waals surface area (Å²) in [5, 5.41) is 15.8. The number of benzene rings is 3. The summed E-state index contributed by atoms with van der Waals surface area (Å²) in [5.74, 6) is -1.05. The Morgan fingerprint density at radius 3 is 2.09 bits per heavy atom. The normalized spacial score (nSPS) is 11.1. The number of carboxylic acids is 1. The molecule has 0 aliphatic heterocycles. The van der Waals surface area contributed by atoms with E-state index in [1.54, 1.807) is 65.8 Å². The molecule has 1 amide bonds. The minimum absolute atomic E-state index is 0.0749. The lowest BCUT2D eigenvalue weighted by molar-refractivity contribution is 0.0696. The van der Waals surface area contributed by atoms with E-state index in [0.717, 1.165) is 26.5 Å². The lowest BCUT2D eigenvalue weighted by Gasteiger charge is -2.11. The predicted octanol–water partition coefficient (Wildman–Crippen LogP) is 5.50. The van der Waals surface area contributed by atoms with Gasteiger partial charge in [0.2, 0.25) is 0 Å². The molecule has 4 aromatic rings. The van der Waals surface area contributed by atoms with Gasteiger partial charge >= 0.3 is 5.97 Å². The molecule has 0 saturated heterocycles. The molecule has 1 N–H and O–H groups in total. The van der Waals surface area contributed by atoms with E-state index in [0.29, 0.717) is 5.56 Å². The van der Waals surface area contributed by atoms with Crippen LogP contribution in [0.2, 0.25) is 0 Å². The fourth-order valence-corrected chi connectivity index (χ4v) is 4.95. The van der Waals surface area contributed by atoms with Gasteiger partial charge in [0.05, 0.1) is 16.8 Å². The summed E-state index contributed by atoms with van der Waals surface area (Å²) < 4.78 is 1.80. The zero-order valence-electron chi connectivity index (χ0n) is 19.2. The van der Waals surface area contributed by atoms with Gasteiger partial charge in [0.25, 0.3) is 5.91 Å².